The van der Waals surface area contributed by atoms with E-state index < -0.39 is 11.1 Å². The van der Waals surface area contributed by atoms with E-state index in [2.05, 4.69) is 5.32 Å². The predicted octanol–water partition coefficient (Wildman–Crippen LogP) is 1.90. The summed E-state index contributed by atoms with van der Waals surface area (Å²) in [4.78, 5) is 12.1. The minimum Gasteiger partial charge on any atom is -0.496 e. The molecule has 4 nitrogen and oxygen atoms in total. The molecule has 0 radical (unpaired) electrons. The van der Waals surface area contributed by atoms with E-state index in [-0.39, 0.29) is 12.3 Å². The molecule has 1 aromatic rings. The summed E-state index contributed by atoms with van der Waals surface area (Å²) < 4.78 is 5.21. The molecule has 1 aromatic carbocycles. The van der Waals surface area contributed by atoms with Gasteiger partial charge in [-0.2, -0.15) is 0 Å². The minimum atomic E-state index is -0.997. The Morgan fingerprint density at radius 3 is 2.37 bits per heavy atom. The van der Waals surface area contributed by atoms with Gasteiger partial charge in [0.15, 0.2) is 0 Å². The second-order valence-corrected chi connectivity index (χ2v) is 5.72. The third kappa shape index (κ3) is 3.96. The highest BCUT2D eigenvalue weighted by molar-refractivity contribution is 5.80. The van der Waals surface area contributed by atoms with E-state index in [4.69, 9.17) is 4.74 Å². The molecule has 0 fully saturated rings. The Morgan fingerprint density at radius 1 is 1.26 bits per heavy atom. The number of carbonyl (C=O) groups is 1. The molecule has 0 heterocycles. The number of methoxy groups -OCH3 is 1. The summed E-state index contributed by atoms with van der Waals surface area (Å²) in [6, 6.07) is 7.41. The Hall–Kier alpha value is -1.55. The number of benzene rings is 1. The summed E-state index contributed by atoms with van der Waals surface area (Å²) in [5.41, 5.74) is -0.871. The molecule has 0 aromatic heterocycles. The van der Waals surface area contributed by atoms with Crippen LogP contribution >= 0.6 is 0 Å². The highest BCUT2D eigenvalue weighted by Crippen LogP contribution is 2.22. The molecule has 0 aliphatic carbocycles. The number of rotatable bonds is 5. The lowest BCUT2D eigenvalue weighted by Crippen LogP contribution is -2.58. The summed E-state index contributed by atoms with van der Waals surface area (Å²) in [5.74, 6) is 0.551. The smallest absolute Gasteiger partial charge is 0.225 e. The standard InChI is InChI=1S/C15H23NO3/c1-14(2,15(3,4)18)16-13(17)10-11-8-6-7-9-12(11)19-5/h6-9,18H,10H2,1-5H3,(H,16,17). The fraction of sp³-hybridized carbons (Fsp3) is 0.533. The van der Waals surface area contributed by atoms with E-state index in [1.165, 1.54) is 0 Å². The van der Waals surface area contributed by atoms with E-state index in [1.54, 1.807) is 34.8 Å². The molecule has 0 saturated carbocycles. The second-order valence-electron chi connectivity index (χ2n) is 5.72. The zero-order valence-electron chi connectivity index (χ0n) is 12.3. The molecule has 1 rings (SSSR count). The third-order valence-electron chi connectivity index (χ3n) is 3.52. The van der Waals surface area contributed by atoms with Crippen LogP contribution in [0.2, 0.25) is 0 Å². The molecule has 1 amide bonds. The molecule has 0 aliphatic heterocycles. The van der Waals surface area contributed by atoms with Gasteiger partial charge in [-0.25, -0.2) is 0 Å². The topological polar surface area (TPSA) is 58.6 Å². The average Bonchev–Trinajstić information content (AvgIpc) is 2.27. The van der Waals surface area contributed by atoms with Crippen molar-refractivity contribution in [1.29, 1.82) is 0 Å². The predicted molar refractivity (Wildman–Crippen MR) is 75.2 cm³/mol. The van der Waals surface area contributed by atoms with Gasteiger partial charge in [-0.15, -0.1) is 0 Å². The van der Waals surface area contributed by atoms with Gasteiger partial charge in [0.2, 0.25) is 5.91 Å². The van der Waals surface area contributed by atoms with Crippen LogP contribution in [0.3, 0.4) is 0 Å². The van der Waals surface area contributed by atoms with Crippen molar-refractivity contribution in [3.63, 3.8) is 0 Å². The van der Waals surface area contributed by atoms with Gasteiger partial charge in [-0.3, -0.25) is 4.79 Å². The summed E-state index contributed by atoms with van der Waals surface area (Å²) >= 11 is 0. The van der Waals surface area contributed by atoms with Crippen LogP contribution in [0.5, 0.6) is 5.75 Å². The summed E-state index contributed by atoms with van der Waals surface area (Å²) in [6.45, 7) is 6.95. The zero-order valence-corrected chi connectivity index (χ0v) is 12.3. The number of ether oxygens (including phenoxy) is 1. The van der Waals surface area contributed by atoms with Crippen molar-refractivity contribution in [2.24, 2.45) is 0 Å². The molecular weight excluding hydrogens is 242 g/mol. The average molecular weight is 265 g/mol. The number of amides is 1. The Balaban J connectivity index is 2.76. The number of nitrogens with one attached hydrogen (secondary N) is 1. The van der Waals surface area contributed by atoms with Crippen LogP contribution in [0.15, 0.2) is 24.3 Å². The number of carbonyl (C=O) groups excluding carboxylic acids is 1. The molecule has 0 saturated heterocycles. The molecule has 0 unspecified atom stereocenters. The summed E-state index contributed by atoms with van der Waals surface area (Å²) in [5, 5.41) is 12.9. The van der Waals surface area contributed by atoms with Gasteiger partial charge in [0, 0.05) is 5.56 Å². The quantitative estimate of drug-likeness (QED) is 0.855. The van der Waals surface area contributed by atoms with Crippen LogP contribution in [0.25, 0.3) is 0 Å². The lowest BCUT2D eigenvalue weighted by atomic mass is 9.86. The van der Waals surface area contributed by atoms with Crippen LogP contribution < -0.4 is 10.1 Å². The van der Waals surface area contributed by atoms with E-state index >= 15 is 0 Å². The molecule has 0 spiro atoms. The Bertz CT molecular complexity index is 447. The maximum atomic E-state index is 12.1. The SMILES string of the molecule is COc1ccccc1CC(=O)NC(C)(C)C(C)(C)O. The van der Waals surface area contributed by atoms with Gasteiger partial charge in [-0.05, 0) is 33.8 Å². The van der Waals surface area contributed by atoms with Crippen LogP contribution in [-0.4, -0.2) is 29.3 Å². The first-order chi connectivity index (χ1) is 8.67. The molecule has 0 bridgehead atoms. The van der Waals surface area contributed by atoms with E-state index in [0.29, 0.717) is 5.75 Å². The zero-order chi connectivity index (χ0) is 14.7. The molecule has 106 valence electrons. The monoisotopic (exact) mass is 265 g/mol. The molecule has 4 heteroatoms. The van der Waals surface area contributed by atoms with Crippen molar-refractivity contribution in [2.75, 3.05) is 7.11 Å². The highest BCUT2D eigenvalue weighted by Gasteiger charge is 2.36. The van der Waals surface area contributed by atoms with Crippen molar-refractivity contribution in [2.45, 2.75) is 45.3 Å². The molecule has 0 aliphatic rings. The van der Waals surface area contributed by atoms with Crippen LogP contribution in [0.1, 0.15) is 33.3 Å². The number of hydrogen-bond acceptors (Lipinski definition) is 3. The summed E-state index contributed by atoms with van der Waals surface area (Å²) in [7, 11) is 1.58. The van der Waals surface area contributed by atoms with Crippen molar-refractivity contribution in [3.05, 3.63) is 29.8 Å². The lowest BCUT2D eigenvalue weighted by molar-refractivity contribution is -0.125. The second kappa shape index (κ2) is 5.61. The Labute approximate surface area is 114 Å². The van der Waals surface area contributed by atoms with Crippen molar-refractivity contribution >= 4 is 5.91 Å². The number of aliphatic hydroxyl groups is 1. The number of para-hydroxylation sites is 1. The van der Waals surface area contributed by atoms with Gasteiger partial charge in [0.05, 0.1) is 24.7 Å². The third-order valence-corrected chi connectivity index (χ3v) is 3.52. The molecule has 2 N–H and O–H groups in total. The molecule has 19 heavy (non-hydrogen) atoms. The normalized spacial score (nSPS) is 12.1. The van der Waals surface area contributed by atoms with Crippen LogP contribution in [-0.2, 0) is 11.2 Å². The van der Waals surface area contributed by atoms with Crippen LogP contribution in [0, 0.1) is 0 Å². The van der Waals surface area contributed by atoms with E-state index in [1.807, 2.05) is 24.3 Å². The maximum Gasteiger partial charge on any atom is 0.225 e. The van der Waals surface area contributed by atoms with Gasteiger partial charge < -0.3 is 15.2 Å². The van der Waals surface area contributed by atoms with Gasteiger partial charge in [0.25, 0.3) is 0 Å². The minimum absolute atomic E-state index is 0.142. The van der Waals surface area contributed by atoms with Gasteiger partial charge in [0.1, 0.15) is 5.75 Å². The summed E-state index contributed by atoms with van der Waals surface area (Å²) in [6.07, 6.45) is 0.226. The van der Waals surface area contributed by atoms with Crippen molar-refractivity contribution in [3.8, 4) is 5.75 Å². The van der Waals surface area contributed by atoms with Crippen LogP contribution in [0.4, 0.5) is 0 Å². The molecule has 0 atom stereocenters. The fourth-order valence-electron chi connectivity index (χ4n) is 1.57. The first-order valence-corrected chi connectivity index (χ1v) is 6.32. The number of hydrogen-bond donors (Lipinski definition) is 2. The fourth-order valence-corrected chi connectivity index (χ4v) is 1.57. The van der Waals surface area contributed by atoms with Gasteiger partial charge >= 0.3 is 0 Å². The van der Waals surface area contributed by atoms with Crippen molar-refractivity contribution in [1.82, 2.24) is 5.32 Å². The Kier molecular flexibility index (Phi) is 4.58. The maximum absolute atomic E-state index is 12.1. The highest BCUT2D eigenvalue weighted by atomic mass is 16.5. The van der Waals surface area contributed by atoms with E-state index in [9.17, 15) is 9.90 Å². The Morgan fingerprint density at radius 2 is 1.84 bits per heavy atom. The van der Waals surface area contributed by atoms with Gasteiger partial charge in [-0.1, -0.05) is 18.2 Å². The van der Waals surface area contributed by atoms with E-state index in [0.717, 1.165) is 5.56 Å². The first kappa shape index (κ1) is 15.5. The van der Waals surface area contributed by atoms with Crippen molar-refractivity contribution < 1.29 is 14.6 Å². The largest absolute Gasteiger partial charge is 0.496 e. The first-order valence-electron chi connectivity index (χ1n) is 6.32. The molecular formula is C15H23NO3. The lowest BCUT2D eigenvalue weighted by Gasteiger charge is -2.38.